The summed E-state index contributed by atoms with van der Waals surface area (Å²) in [7, 11) is 0. The average molecular weight is 340 g/mol. The molecule has 1 spiro atoms. The molecule has 6 heteroatoms. The second-order valence-corrected chi connectivity index (χ2v) is 6.64. The summed E-state index contributed by atoms with van der Waals surface area (Å²) in [4.78, 5) is 2.55. The van der Waals surface area contributed by atoms with Crippen molar-refractivity contribution in [2.75, 3.05) is 45.9 Å². The van der Waals surface area contributed by atoms with Gasteiger partial charge in [0.25, 0.3) is 0 Å². The SMILES string of the molecule is Cl.c1cc2c(cc1CN1CCC3(CC1)CNCCN3)OCCO2. The van der Waals surface area contributed by atoms with E-state index >= 15 is 0 Å². The van der Waals surface area contributed by atoms with E-state index in [9.17, 15) is 0 Å². The lowest BCUT2D eigenvalue weighted by atomic mass is 9.86. The maximum atomic E-state index is 5.68. The van der Waals surface area contributed by atoms with Gasteiger partial charge >= 0.3 is 0 Å². The summed E-state index contributed by atoms with van der Waals surface area (Å²) in [5.74, 6) is 1.78. The van der Waals surface area contributed by atoms with Crippen LogP contribution in [0, 0.1) is 0 Å². The van der Waals surface area contributed by atoms with Crippen LogP contribution in [0.3, 0.4) is 0 Å². The fourth-order valence-electron chi connectivity index (χ4n) is 3.74. The fraction of sp³-hybridized carbons (Fsp3) is 0.647. The minimum absolute atomic E-state index is 0. The topological polar surface area (TPSA) is 45.8 Å². The molecule has 0 unspecified atom stereocenters. The molecule has 2 fully saturated rings. The summed E-state index contributed by atoms with van der Waals surface area (Å²) in [6.07, 6.45) is 2.45. The van der Waals surface area contributed by atoms with E-state index in [2.05, 4.69) is 27.7 Å². The average Bonchev–Trinajstić information content (AvgIpc) is 2.58. The number of benzene rings is 1. The van der Waals surface area contributed by atoms with Gasteiger partial charge in [0.15, 0.2) is 11.5 Å². The Hall–Kier alpha value is -1.01. The summed E-state index contributed by atoms with van der Waals surface area (Å²) >= 11 is 0. The van der Waals surface area contributed by atoms with Crippen molar-refractivity contribution in [2.45, 2.75) is 24.9 Å². The first-order chi connectivity index (χ1) is 10.8. The van der Waals surface area contributed by atoms with Crippen LogP contribution in [0.25, 0.3) is 0 Å². The first-order valence-corrected chi connectivity index (χ1v) is 8.40. The number of likely N-dealkylation sites (tertiary alicyclic amines) is 1. The smallest absolute Gasteiger partial charge is 0.161 e. The molecule has 1 aromatic carbocycles. The Morgan fingerprint density at radius 2 is 1.83 bits per heavy atom. The van der Waals surface area contributed by atoms with Crippen LogP contribution in [0.2, 0.25) is 0 Å². The number of rotatable bonds is 2. The third kappa shape index (κ3) is 3.74. The molecule has 5 nitrogen and oxygen atoms in total. The van der Waals surface area contributed by atoms with E-state index < -0.39 is 0 Å². The lowest BCUT2D eigenvalue weighted by molar-refractivity contribution is 0.116. The van der Waals surface area contributed by atoms with Gasteiger partial charge in [0.2, 0.25) is 0 Å². The summed E-state index contributed by atoms with van der Waals surface area (Å²) in [6.45, 7) is 7.94. The van der Waals surface area contributed by atoms with Crippen molar-refractivity contribution >= 4 is 12.4 Å². The lowest BCUT2D eigenvalue weighted by Gasteiger charge is -2.45. The van der Waals surface area contributed by atoms with Crippen molar-refractivity contribution in [2.24, 2.45) is 0 Å². The molecule has 23 heavy (non-hydrogen) atoms. The van der Waals surface area contributed by atoms with Crippen molar-refractivity contribution in [1.29, 1.82) is 0 Å². The number of fused-ring (bicyclic) bond motifs is 1. The number of ether oxygens (including phenoxy) is 2. The van der Waals surface area contributed by atoms with Gasteiger partial charge in [-0.15, -0.1) is 12.4 Å². The Balaban J connectivity index is 0.00000156. The predicted octanol–water partition coefficient (Wildman–Crippen LogP) is 1.41. The van der Waals surface area contributed by atoms with Crippen molar-refractivity contribution in [3.8, 4) is 11.5 Å². The molecule has 2 saturated heterocycles. The predicted molar refractivity (Wildman–Crippen MR) is 92.8 cm³/mol. The van der Waals surface area contributed by atoms with Crippen LogP contribution in [-0.4, -0.2) is 56.4 Å². The molecule has 0 aliphatic carbocycles. The van der Waals surface area contributed by atoms with E-state index in [1.165, 1.54) is 18.4 Å². The van der Waals surface area contributed by atoms with Gasteiger partial charge in [0.05, 0.1) is 0 Å². The van der Waals surface area contributed by atoms with E-state index in [0.29, 0.717) is 18.8 Å². The van der Waals surface area contributed by atoms with Crippen LogP contribution in [0.5, 0.6) is 11.5 Å². The van der Waals surface area contributed by atoms with E-state index in [1.54, 1.807) is 0 Å². The summed E-state index contributed by atoms with van der Waals surface area (Å²) in [5, 5.41) is 7.27. The normalized spacial score (nSPS) is 23.3. The number of halogens is 1. The molecule has 128 valence electrons. The van der Waals surface area contributed by atoms with E-state index in [1.807, 2.05) is 6.07 Å². The minimum atomic E-state index is 0. The second kappa shape index (κ2) is 7.26. The van der Waals surface area contributed by atoms with Crippen LogP contribution in [0.15, 0.2) is 18.2 Å². The molecular weight excluding hydrogens is 314 g/mol. The van der Waals surface area contributed by atoms with Crippen molar-refractivity contribution in [3.05, 3.63) is 23.8 Å². The number of nitrogens with one attached hydrogen (secondary N) is 2. The maximum Gasteiger partial charge on any atom is 0.161 e. The van der Waals surface area contributed by atoms with E-state index in [0.717, 1.165) is 50.8 Å². The molecule has 1 aromatic rings. The minimum Gasteiger partial charge on any atom is -0.486 e. The third-order valence-electron chi connectivity index (χ3n) is 5.09. The van der Waals surface area contributed by atoms with Gasteiger partial charge in [0.1, 0.15) is 13.2 Å². The van der Waals surface area contributed by atoms with Crippen molar-refractivity contribution in [3.63, 3.8) is 0 Å². The largest absolute Gasteiger partial charge is 0.486 e. The molecule has 2 N–H and O–H groups in total. The van der Waals surface area contributed by atoms with Gasteiger partial charge in [-0.3, -0.25) is 4.90 Å². The highest BCUT2D eigenvalue weighted by molar-refractivity contribution is 5.85. The first kappa shape index (κ1) is 16.8. The Labute approximate surface area is 144 Å². The fourth-order valence-corrected chi connectivity index (χ4v) is 3.74. The zero-order valence-electron chi connectivity index (χ0n) is 13.5. The van der Waals surface area contributed by atoms with Crippen LogP contribution in [-0.2, 0) is 6.54 Å². The van der Waals surface area contributed by atoms with E-state index in [4.69, 9.17) is 9.47 Å². The quantitative estimate of drug-likeness (QED) is 0.853. The van der Waals surface area contributed by atoms with Gasteiger partial charge in [-0.05, 0) is 30.5 Å². The number of piperazine rings is 1. The van der Waals surface area contributed by atoms with Gasteiger partial charge in [-0.1, -0.05) is 6.07 Å². The molecule has 0 bridgehead atoms. The molecule has 4 rings (SSSR count). The Morgan fingerprint density at radius 3 is 2.57 bits per heavy atom. The summed E-state index contributed by atoms with van der Waals surface area (Å²) in [6, 6.07) is 6.35. The highest BCUT2D eigenvalue weighted by Gasteiger charge is 2.35. The third-order valence-corrected chi connectivity index (χ3v) is 5.09. The van der Waals surface area contributed by atoms with Crippen molar-refractivity contribution in [1.82, 2.24) is 15.5 Å². The van der Waals surface area contributed by atoms with Crippen LogP contribution in [0.1, 0.15) is 18.4 Å². The van der Waals surface area contributed by atoms with Crippen LogP contribution in [0.4, 0.5) is 0 Å². The van der Waals surface area contributed by atoms with Gasteiger partial charge in [-0.25, -0.2) is 0 Å². The number of hydrogen-bond donors (Lipinski definition) is 2. The standard InChI is InChI=1S/C17H25N3O2.ClH/c1-2-15-16(22-10-9-21-15)11-14(1)12-20-7-3-17(4-8-20)13-18-5-6-19-17;/h1-2,11,18-19H,3-10,12-13H2;1H. The Morgan fingerprint density at radius 1 is 1.04 bits per heavy atom. The molecule has 0 amide bonds. The van der Waals surface area contributed by atoms with E-state index in [-0.39, 0.29) is 12.4 Å². The molecule has 0 radical (unpaired) electrons. The summed E-state index contributed by atoms with van der Waals surface area (Å²) < 4.78 is 11.3. The molecule has 0 aromatic heterocycles. The first-order valence-electron chi connectivity index (χ1n) is 8.40. The number of hydrogen-bond acceptors (Lipinski definition) is 5. The molecule has 3 heterocycles. The Bertz CT molecular complexity index is 525. The number of nitrogens with zero attached hydrogens (tertiary/aromatic N) is 1. The lowest BCUT2D eigenvalue weighted by Crippen LogP contribution is -2.63. The highest BCUT2D eigenvalue weighted by atomic mass is 35.5. The second-order valence-electron chi connectivity index (χ2n) is 6.64. The molecule has 0 atom stereocenters. The van der Waals surface area contributed by atoms with Crippen LogP contribution >= 0.6 is 12.4 Å². The van der Waals surface area contributed by atoms with Gasteiger partial charge in [0, 0.05) is 44.8 Å². The maximum absolute atomic E-state index is 5.68. The Kier molecular flexibility index (Phi) is 5.31. The monoisotopic (exact) mass is 339 g/mol. The molecule has 3 aliphatic rings. The molecule has 0 saturated carbocycles. The molecule has 3 aliphatic heterocycles. The zero-order chi connectivity index (χ0) is 14.8. The van der Waals surface area contributed by atoms with Gasteiger partial charge in [-0.2, -0.15) is 0 Å². The van der Waals surface area contributed by atoms with Crippen molar-refractivity contribution < 1.29 is 9.47 Å². The zero-order valence-corrected chi connectivity index (χ0v) is 14.3. The molecular formula is C17H26ClN3O2. The van der Waals surface area contributed by atoms with Crippen LogP contribution < -0.4 is 20.1 Å². The van der Waals surface area contributed by atoms with Gasteiger partial charge < -0.3 is 20.1 Å². The summed E-state index contributed by atoms with van der Waals surface area (Å²) in [5.41, 5.74) is 1.65. The highest BCUT2D eigenvalue weighted by Crippen LogP contribution is 2.32. The number of piperidine rings is 1.